The number of aliphatic carboxylic acids is 1. The molecule has 7 nitrogen and oxygen atoms in total. The number of sulfonamides is 1. The van der Waals surface area contributed by atoms with Gasteiger partial charge < -0.3 is 9.84 Å². The zero-order chi connectivity index (χ0) is 14.9. The van der Waals surface area contributed by atoms with Crippen molar-refractivity contribution in [2.24, 2.45) is 0 Å². The summed E-state index contributed by atoms with van der Waals surface area (Å²) in [5, 5.41) is 9.05. The van der Waals surface area contributed by atoms with Gasteiger partial charge in [-0.15, -0.1) is 11.3 Å². The zero-order valence-electron chi connectivity index (χ0n) is 10.6. The average Bonchev–Trinajstić information content (AvgIpc) is 3.06. The highest BCUT2D eigenvalue weighted by molar-refractivity contribution is 7.91. The van der Waals surface area contributed by atoms with Crippen molar-refractivity contribution in [1.29, 1.82) is 0 Å². The lowest BCUT2D eigenvalue weighted by molar-refractivity contribution is -0.140. The lowest BCUT2D eigenvalue weighted by atomic mass is 10.2. The van der Waals surface area contributed by atoms with Crippen LogP contribution in [0.5, 0.6) is 0 Å². The Balaban J connectivity index is 2.33. The van der Waals surface area contributed by atoms with Crippen molar-refractivity contribution in [2.75, 3.05) is 13.7 Å². The molecule has 2 rings (SSSR count). The highest BCUT2D eigenvalue weighted by Crippen LogP contribution is 2.30. The quantitative estimate of drug-likeness (QED) is 0.823. The fraction of sp³-hybridized carbons (Fsp3) is 0.455. The Kier molecular flexibility index (Phi) is 4.11. The molecule has 1 aromatic rings. The number of methoxy groups -OCH3 is 1. The van der Waals surface area contributed by atoms with E-state index in [1.807, 2.05) is 0 Å². The van der Waals surface area contributed by atoms with Crippen LogP contribution in [0.1, 0.15) is 22.5 Å². The van der Waals surface area contributed by atoms with Crippen LogP contribution in [0.15, 0.2) is 16.3 Å². The number of carboxylic acid groups (broad SMARTS) is 1. The molecule has 0 amide bonds. The molecule has 1 aromatic heterocycles. The van der Waals surface area contributed by atoms with Crippen molar-refractivity contribution in [3.05, 3.63) is 17.0 Å². The maximum Gasteiger partial charge on any atom is 0.348 e. The lowest BCUT2D eigenvalue weighted by Gasteiger charge is -2.19. The summed E-state index contributed by atoms with van der Waals surface area (Å²) in [6, 6.07) is 1.61. The molecule has 20 heavy (non-hydrogen) atoms. The standard InChI is InChI=1S/C11H13NO6S2/c1-18-11(15)8-4-5-9(19-8)20(16,17)12-6-2-3-7(12)10(13)14/h4-5,7H,2-3,6H2,1H3,(H,13,14)/t7-/m0/s1. The van der Waals surface area contributed by atoms with Gasteiger partial charge in [0.25, 0.3) is 10.0 Å². The molecule has 0 aromatic carbocycles. The first-order valence-corrected chi connectivity index (χ1v) is 8.06. The maximum atomic E-state index is 12.4. The van der Waals surface area contributed by atoms with Crippen molar-refractivity contribution >= 4 is 33.3 Å². The second kappa shape index (κ2) is 5.51. The van der Waals surface area contributed by atoms with Crippen molar-refractivity contribution in [2.45, 2.75) is 23.1 Å². The maximum absolute atomic E-state index is 12.4. The van der Waals surface area contributed by atoms with Crippen LogP contribution in [-0.2, 0) is 19.6 Å². The summed E-state index contributed by atoms with van der Waals surface area (Å²) < 4.78 is 30.2. The summed E-state index contributed by atoms with van der Waals surface area (Å²) in [7, 11) is -2.69. The summed E-state index contributed by atoms with van der Waals surface area (Å²) in [5.41, 5.74) is 0. The van der Waals surface area contributed by atoms with Crippen LogP contribution >= 0.6 is 11.3 Å². The van der Waals surface area contributed by atoms with Crippen LogP contribution in [-0.4, -0.2) is 49.5 Å². The van der Waals surface area contributed by atoms with Gasteiger partial charge in [-0.05, 0) is 25.0 Å². The first-order chi connectivity index (χ1) is 9.37. The van der Waals surface area contributed by atoms with E-state index in [1.54, 1.807) is 0 Å². The summed E-state index contributed by atoms with van der Waals surface area (Å²) in [6.07, 6.45) is 0.801. The predicted octanol–water partition coefficient (Wildman–Crippen LogP) is 0.772. The third kappa shape index (κ3) is 2.56. The molecule has 110 valence electrons. The van der Waals surface area contributed by atoms with Crippen molar-refractivity contribution in [1.82, 2.24) is 4.31 Å². The van der Waals surface area contributed by atoms with E-state index in [-0.39, 0.29) is 15.6 Å². The van der Waals surface area contributed by atoms with E-state index in [0.717, 1.165) is 15.6 Å². The molecule has 0 spiro atoms. The Morgan fingerprint density at radius 3 is 2.75 bits per heavy atom. The van der Waals surface area contributed by atoms with Crippen LogP contribution in [0.2, 0.25) is 0 Å². The molecule has 0 bridgehead atoms. The minimum Gasteiger partial charge on any atom is -0.480 e. The highest BCUT2D eigenvalue weighted by Gasteiger charge is 2.40. The summed E-state index contributed by atoms with van der Waals surface area (Å²) >= 11 is 0.776. The number of carboxylic acids is 1. The minimum atomic E-state index is -3.89. The average molecular weight is 319 g/mol. The molecular formula is C11H13NO6S2. The number of hydrogen-bond donors (Lipinski definition) is 1. The van der Waals surface area contributed by atoms with Crippen molar-refractivity contribution in [3.8, 4) is 0 Å². The molecule has 1 aliphatic rings. The molecule has 1 N–H and O–H groups in total. The number of carbonyl (C=O) groups excluding carboxylic acids is 1. The summed E-state index contributed by atoms with van der Waals surface area (Å²) in [4.78, 5) is 22.6. The van der Waals surface area contributed by atoms with E-state index >= 15 is 0 Å². The van der Waals surface area contributed by atoms with Crippen LogP contribution in [0.4, 0.5) is 0 Å². The number of carbonyl (C=O) groups is 2. The summed E-state index contributed by atoms with van der Waals surface area (Å²) in [6.45, 7) is 0.171. The van der Waals surface area contributed by atoms with Crippen LogP contribution < -0.4 is 0 Å². The van der Waals surface area contributed by atoms with Gasteiger partial charge in [0.15, 0.2) is 0 Å². The third-order valence-electron chi connectivity index (χ3n) is 3.02. The van der Waals surface area contributed by atoms with Gasteiger partial charge in [-0.2, -0.15) is 4.31 Å². The second-order valence-electron chi connectivity index (χ2n) is 4.22. The molecule has 1 aliphatic heterocycles. The topological polar surface area (TPSA) is 101 Å². The first kappa shape index (κ1) is 14.9. The molecule has 2 heterocycles. The largest absolute Gasteiger partial charge is 0.480 e. The Bertz CT molecular complexity index is 635. The smallest absolute Gasteiger partial charge is 0.348 e. The Labute approximate surface area is 119 Å². The van der Waals surface area contributed by atoms with Crippen molar-refractivity contribution in [3.63, 3.8) is 0 Å². The lowest BCUT2D eigenvalue weighted by Crippen LogP contribution is -2.40. The van der Waals surface area contributed by atoms with E-state index < -0.39 is 28.0 Å². The molecule has 1 fully saturated rings. The molecular weight excluding hydrogens is 306 g/mol. The van der Waals surface area contributed by atoms with E-state index in [0.29, 0.717) is 12.8 Å². The van der Waals surface area contributed by atoms with Gasteiger partial charge in [-0.25, -0.2) is 13.2 Å². The normalized spacial score (nSPS) is 19.9. The fourth-order valence-electron chi connectivity index (χ4n) is 2.06. The number of rotatable bonds is 4. The molecule has 9 heteroatoms. The number of hydrogen-bond acceptors (Lipinski definition) is 6. The Morgan fingerprint density at radius 1 is 1.45 bits per heavy atom. The summed E-state index contributed by atoms with van der Waals surface area (Å²) in [5.74, 6) is -1.77. The monoisotopic (exact) mass is 319 g/mol. The van der Waals surface area contributed by atoms with Crippen LogP contribution in [0.3, 0.4) is 0 Å². The number of esters is 1. The van der Waals surface area contributed by atoms with Gasteiger partial charge in [0.2, 0.25) is 0 Å². The van der Waals surface area contributed by atoms with E-state index in [4.69, 9.17) is 5.11 Å². The van der Waals surface area contributed by atoms with E-state index in [1.165, 1.54) is 19.2 Å². The third-order valence-corrected chi connectivity index (χ3v) is 6.46. The van der Waals surface area contributed by atoms with E-state index in [9.17, 15) is 18.0 Å². The Morgan fingerprint density at radius 2 is 2.15 bits per heavy atom. The van der Waals surface area contributed by atoms with Gasteiger partial charge in [-0.1, -0.05) is 0 Å². The van der Waals surface area contributed by atoms with Gasteiger partial charge in [0, 0.05) is 6.54 Å². The molecule has 0 aliphatic carbocycles. The highest BCUT2D eigenvalue weighted by atomic mass is 32.2. The Hall–Kier alpha value is -1.45. The molecule has 1 atom stereocenters. The van der Waals surface area contributed by atoms with Crippen LogP contribution in [0, 0.1) is 0 Å². The van der Waals surface area contributed by atoms with Crippen molar-refractivity contribution < 1.29 is 27.9 Å². The zero-order valence-corrected chi connectivity index (χ0v) is 12.2. The minimum absolute atomic E-state index is 0.0500. The predicted molar refractivity (Wildman–Crippen MR) is 70.2 cm³/mol. The second-order valence-corrected chi connectivity index (χ2v) is 7.42. The van der Waals surface area contributed by atoms with Gasteiger partial charge >= 0.3 is 11.9 Å². The molecule has 0 unspecified atom stereocenters. The van der Waals surface area contributed by atoms with Gasteiger partial charge in [-0.3, -0.25) is 4.79 Å². The molecule has 0 radical (unpaired) electrons. The van der Waals surface area contributed by atoms with E-state index in [2.05, 4.69) is 4.74 Å². The van der Waals surface area contributed by atoms with Gasteiger partial charge in [0.05, 0.1) is 7.11 Å². The van der Waals surface area contributed by atoms with Crippen LogP contribution in [0.25, 0.3) is 0 Å². The SMILES string of the molecule is COC(=O)c1ccc(S(=O)(=O)N2CCC[C@H]2C(=O)O)s1. The molecule has 1 saturated heterocycles. The molecule has 0 saturated carbocycles. The number of nitrogens with zero attached hydrogens (tertiary/aromatic N) is 1. The van der Waals surface area contributed by atoms with Gasteiger partial charge in [0.1, 0.15) is 15.1 Å². The fourth-order valence-corrected chi connectivity index (χ4v) is 5.06. The number of thiophene rings is 1. The first-order valence-electron chi connectivity index (χ1n) is 5.80. The number of ether oxygens (including phenoxy) is 1.